The first kappa shape index (κ1) is 71.4. The SMILES string of the molecule is CN([C@H]1COCC2O[C@H]21)S(=O)(=O)c1ccc(OC(F)(F)F)cc1.CN([C@H]1COC[C@H](N2c3ccccc3CCc3cncnc32)[C@H]1O)S(=O)(=O)c1ccc(OC(F)(F)F)cc1.O=S(=O)(N[C@H]1COC[C@H](N2c3ccccc3CCc3cncnc32)[C@H]1O)c1ccc(OC(F)(F)F)cc1. The third-order valence-corrected chi connectivity index (χ3v) is 22.2. The van der Waals surface area contributed by atoms with Crippen molar-refractivity contribution in [2.45, 2.75) is 114 Å². The van der Waals surface area contributed by atoms with E-state index in [1.807, 2.05) is 58.3 Å². The number of benzene rings is 5. The van der Waals surface area contributed by atoms with Crippen molar-refractivity contribution in [3.05, 3.63) is 169 Å². The van der Waals surface area contributed by atoms with Gasteiger partial charge in [-0.1, -0.05) is 36.4 Å². The van der Waals surface area contributed by atoms with Crippen LogP contribution in [-0.2, 0) is 74.7 Å². The summed E-state index contributed by atoms with van der Waals surface area (Å²) < 4.78 is 227. The van der Waals surface area contributed by atoms with E-state index >= 15 is 0 Å². The van der Waals surface area contributed by atoms with E-state index in [1.54, 1.807) is 12.4 Å². The minimum absolute atomic E-state index is 0.0746. The molecule has 0 bridgehead atoms. The maximum absolute atomic E-state index is 13.4. The molecule has 6 aliphatic rings. The highest BCUT2D eigenvalue weighted by Gasteiger charge is 2.52. The fourth-order valence-electron chi connectivity index (χ4n) is 12.0. The first-order valence-corrected chi connectivity index (χ1v) is 34.4. The van der Waals surface area contributed by atoms with Gasteiger partial charge in [0, 0.05) is 49.0 Å². The van der Waals surface area contributed by atoms with Crippen molar-refractivity contribution >= 4 is 53.1 Å². The van der Waals surface area contributed by atoms with Crippen LogP contribution in [-0.4, -0.2) is 191 Å². The van der Waals surface area contributed by atoms with Crippen LogP contribution in [0.2, 0.25) is 0 Å². The second kappa shape index (κ2) is 28.8. The van der Waals surface area contributed by atoms with E-state index in [4.69, 9.17) is 18.9 Å². The zero-order valence-electron chi connectivity index (χ0n) is 51.5. The number of aliphatic hydroxyl groups excluding tert-OH is 2. The number of ether oxygens (including phenoxy) is 7. The lowest BCUT2D eigenvalue weighted by Gasteiger charge is -2.44. The molecular formula is C62H62F9N9O15S3. The number of likely N-dealkylation sites (N-methyl/N-ethyl adjacent to an activating group) is 2. The number of hydrogen-bond acceptors (Lipinski definition) is 21. The first-order chi connectivity index (χ1) is 46.4. The quantitative estimate of drug-likeness (QED) is 0.0719. The molecule has 6 aliphatic heterocycles. The van der Waals surface area contributed by atoms with E-state index in [-0.39, 0.29) is 59.9 Å². The summed E-state index contributed by atoms with van der Waals surface area (Å²) in [6.07, 6.45) is -8.13. The zero-order valence-corrected chi connectivity index (χ0v) is 54.0. The van der Waals surface area contributed by atoms with E-state index in [2.05, 4.69) is 38.9 Å². The van der Waals surface area contributed by atoms with Crippen LogP contribution in [0.1, 0.15) is 22.3 Å². The Labute approximate surface area is 555 Å². The Morgan fingerprint density at radius 2 is 0.878 bits per heavy atom. The van der Waals surface area contributed by atoms with Gasteiger partial charge in [0.15, 0.2) is 0 Å². The molecule has 0 amide bonds. The molecule has 0 saturated carbocycles. The lowest BCUT2D eigenvalue weighted by molar-refractivity contribution is -0.275. The average Bonchev–Trinajstić information content (AvgIpc) is 1.40. The number of anilines is 4. The van der Waals surface area contributed by atoms with Crippen molar-refractivity contribution in [3.63, 3.8) is 0 Å². The lowest BCUT2D eigenvalue weighted by atomic mass is 9.98. The summed E-state index contributed by atoms with van der Waals surface area (Å²) in [5.74, 6) is -0.347. The molecular weight excluding hydrogens is 1380 g/mol. The molecule has 1 unspecified atom stereocenters. The Kier molecular flexibility index (Phi) is 21.0. The number of aromatic nitrogens is 4. The number of para-hydroxylation sites is 2. The van der Waals surface area contributed by atoms with Crippen LogP contribution in [0.25, 0.3) is 0 Å². The fourth-order valence-corrected chi connectivity index (χ4v) is 16.0. The van der Waals surface area contributed by atoms with Crippen LogP contribution in [0.3, 0.4) is 0 Å². The van der Waals surface area contributed by atoms with Crippen molar-refractivity contribution in [1.29, 1.82) is 0 Å². The third-order valence-electron chi connectivity index (χ3n) is 16.9. The number of sulfonamides is 3. The summed E-state index contributed by atoms with van der Waals surface area (Å²) >= 11 is 0. The summed E-state index contributed by atoms with van der Waals surface area (Å²) in [6, 6.07) is 23.4. The Bertz CT molecular complexity index is 4200. The maximum atomic E-state index is 13.4. The summed E-state index contributed by atoms with van der Waals surface area (Å²) in [5, 5.41) is 22.9. The lowest BCUT2D eigenvalue weighted by Crippen LogP contribution is -2.60. The van der Waals surface area contributed by atoms with E-state index in [1.165, 1.54) is 26.7 Å². The summed E-state index contributed by atoms with van der Waals surface area (Å²) in [5.41, 5.74) is 5.52. The van der Waals surface area contributed by atoms with Gasteiger partial charge >= 0.3 is 19.1 Å². The second-order valence-corrected chi connectivity index (χ2v) is 28.8. The zero-order chi connectivity index (χ0) is 70.1. The van der Waals surface area contributed by atoms with Crippen LogP contribution < -0.4 is 28.7 Å². The number of fused-ring (bicyclic) bond motifs is 5. The van der Waals surface area contributed by atoms with E-state index in [0.717, 1.165) is 128 Å². The Balaban J connectivity index is 0.000000153. The molecule has 0 aliphatic carbocycles. The Hall–Kier alpha value is -7.88. The Morgan fingerprint density at radius 3 is 1.34 bits per heavy atom. The smallest absolute Gasteiger partial charge is 0.406 e. The number of aliphatic hydroxyl groups is 2. The number of epoxide rings is 1. The highest BCUT2D eigenvalue weighted by molar-refractivity contribution is 7.89. The van der Waals surface area contributed by atoms with Gasteiger partial charge in [-0.15, -0.1) is 39.5 Å². The number of nitrogens with zero attached hydrogens (tertiary/aromatic N) is 8. The van der Waals surface area contributed by atoms with Crippen LogP contribution >= 0.6 is 0 Å². The number of aryl methyl sites for hydroxylation is 4. The second-order valence-electron chi connectivity index (χ2n) is 23.1. The first-order valence-electron chi connectivity index (χ1n) is 30.0. The van der Waals surface area contributed by atoms with Gasteiger partial charge in [-0.05, 0) is 122 Å². The van der Waals surface area contributed by atoms with Crippen LogP contribution in [0.4, 0.5) is 62.5 Å². The monoisotopic (exact) mass is 1440 g/mol. The predicted octanol–water partition coefficient (Wildman–Crippen LogP) is 7.15. The van der Waals surface area contributed by atoms with Crippen molar-refractivity contribution in [2.75, 3.05) is 63.5 Å². The number of rotatable bonds is 14. The summed E-state index contributed by atoms with van der Waals surface area (Å²) in [6.45, 7) is 0.714. The van der Waals surface area contributed by atoms with Crippen LogP contribution in [0, 0.1) is 0 Å². The standard InChI is InChI=1S/C25H25F3N4O5S.C24H23F3N4O5S.C13H14F3NO5S/c1-31(38(34,35)19-10-8-18(9-11-19)37-25(26,27)28)21-13-36-14-22(23(21)33)32-20-5-3-2-4-16(20)6-7-17-12-29-15-30-24(17)32;25-24(26,27)36-17-7-9-18(10-8-17)37(33,34)30-19-12-35-13-21(22(19)32)31-20-4-2-1-3-15(20)5-6-16-11-28-14-29-23(16)31;1-17(10-6-20-7-11-12(10)21-11)23(18,19)9-4-2-8(3-5-9)22-13(14,15)16/h2-5,8-12,15,21-23,33H,6-7,13-14H2,1H3;1-4,7-11,14,19,21-22,30,32H,5-6,12-13H2;2-5,10-12H,6-7H2,1H3/t21-,22-,23-;19-,21-,22-;10-,11?,12-/m000/s1. The van der Waals surface area contributed by atoms with Crippen molar-refractivity contribution in [3.8, 4) is 17.2 Å². The topological polar surface area (TPSA) is 287 Å². The highest BCUT2D eigenvalue weighted by atomic mass is 32.2. The van der Waals surface area contributed by atoms with Crippen molar-refractivity contribution in [2.24, 2.45) is 0 Å². The maximum Gasteiger partial charge on any atom is 0.573 e. The predicted molar refractivity (Wildman–Crippen MR) is 328 cm³/mol. The molecule has 8 heterocycles. The molecule has 2 aromatic heterocycles. The largest absolute Gasteiger partial charge is 0.573 e. The average molecular weight is 1440 g/mol. The molecule has 7 aromatic rings. The molecule has 4 fully saturated rings. The molecule has 98 heavy (non-hydrogen) atoms. The normalized spacial score (nSPS) is 23.3. The molecule has 9 atom stereocenters. The number of nitrogens with one attached hydrogen (secondary N) is 1. The van der Waals surface area contributed by atoms with Gasteiger partial charge in [0.2, 0.25) is 30.1 Å². The van der Waals surface area contributed by atoms with Gasteiger partial charge in [0.25, 0.3) is 0 Å². The molecule has 24 nitrogen and oxygen atoms in total. The molecule has 3 N–H and O–H groups in total. The van der Waals surface area contributed by atoms with Crippen LogP contribution in [0.15, 0.2) is 161 Å². The van der Waals surface area contributed by atoms with E-state index in [0.29, 0.717) is 31.1 Å². The molecule has 5 aromatic carbocycles. The minimum Gasteiger partial charge on any atom is -0.406 e. The molecule has 0 spiro atoms. The third kappa shape index (κ3) is 16.4. The number of alkyl halides is 9. The van der Waals surface area contributed by atoms with Gasteiger partial charge in [-0.3, -0.25) is 0 Å². The Morgan fingerprint density at radius 1 is 0.490 bits per heavy atom. The van der Waals surface area contributed by atoms with Gasteiger partial charge < -0.3 is 53.2 Å². The fraction of sp³-hybridized carbons (Fsp3) is 0.387. The summed E-state index contributed by atoms with van der Waals surface area (Å²) in [7, 11) is -9.57. The van der Waals surface area contributed by atoms with Gasteiger partial charge in [-0.25, -0.2) is 49.9 Å². The molecule has 36 heteroatoms. The number of hydrogen-bond donors (Lipinski definition) is 3. The molecule has 4 saturated heterocycles. The molecule has 13 rings (SSSR count). The van der Waals surface area contributed by atoms with E-state index < -0.39 is 109 Å². The van der Waals surface area contributed by atoms with Crippen LogP contribution in [0.5, 0.6) is 17.2 Å². The minimum atomic E-state index is -4.90. The van der Waals surface area contributed by atoms with Gasteiger partial charge in [0.1, 0.15) is 53.7 Å². The van der Waals surface area contributed by atoms with Crippen molar-refractivity contribution in [1.82, 2.24) is 33.3 Å². The van der Waals surface area contributed by atoms with E-state index in [9.17, 15) is 75.0 Å². The number of halogens is 9. The van der Waals surface area contributed by atoms with Gasteiger partial charge in [-0.2, -0.15) is 8.61 Å². The summed E-state index contributed by atoms with van der Waals surface area (Å²) in [4.78, 5) is 20.3. The highest BCUT2D eigenvalue weighted by Crippen LogP contribution is 2.42. The van der Waals surface area contributed by atoms with Crippen molar-refractivity contribution < 1.29 is 108 Å². The molecule has 526 valence electrons. The van der Waals surface area contributed by atoms with Gasteiger partial charge in [0.05, 0.1) is 96.7 Å². The molecule has 0 radical (unpaired) electrons.